The van der Waals surface area contributed by atoms with Crippen LogP contribution in [0.1, 0.15) is 50.3 Å². The molecule has 1 fully saturated rings. The van der Waals surface area contributed by atoms with Gasteiger partial charge in [0, 0.05) is 31.1 Å². The monoisotopic (exact) mass is 337 g/mol. The minimum absolute atomic E-state index is 0.211. The lowest BCUT2D eigenvalue weighted by Gasteiger charge is -2.35. The van der Waals surface area contributed by atoms with E-state index in [1.54, 1.807) is 11.3 Å². The largest absolute Gasteiger partial charge is 0.396 e. The Morgan fingerprint density at radius 1 is 1.30 bits per heavy atom. The maximum Gasteiger partial charge on any atom is 0.191 e. The molecule has 1 aliphatic carbocycles. The number of nitrogens with zero attached hydrogens (tertiary/aromatic N) is 1. The van der Waals surface area contributed by atoms with Crippen molar-refractivity contribution in [1.82, 2.24) is 10.6 Å². The first-order chi connectivity index (χ1) is 11.3. The van der Waals surface area contributed by atoms with E-state index in [9.17, 15) is 5.11 Å². The Kier molecular flexibility index (Phi) is 7.89. The van der Waals surface area contributed by atoms with Gasteiger partial charge in [0.15, 0.2) is 5.96 Å². The van der Waals surface area contributed by atoms with E-state index in [1.165, 1.54) is 37.0 Å². The molecule has 1 saturated carbocycles. The molecule has 0 unspecified atom stereocenters. The Morgan fingerprint density at radius 2 is 2.13 bits per heavy atom. The molecule has 0 radical (unpaired) electrons. The Bertz CT molecular complexity index is 447. The van der Waals surface area contributed by atoms with Crippen LogP contribution < -0.4 is 10.6 Å². The van der Waals surface area contributed by atoms with E-state index in [-0.39, 0.29) is 12.0 Å². The van der Waals surface area contributed by atoms with Gasteiger partial charge in [0.05, 0.1) is 0 Å². The molecule has 130 valence electrons. The number of guanidine groups is 1. The van der Waals surface area contributed by atoms with Crippen LogP contribution in [0.25, 0.3) is 0 Å². The molecule has 0 aromatic carbocycles. The van der Waals surface area contributed by atoms with E-state index in [0.717, 1.165) is 38.4 Å². The highest BCUT2D eigenvalue weighted by Crippen LogP contribution is 2.39. The van der Waals surface area contributed by atoms with Gasteiger partial charge in [-0.2, -0.15) is 0 Å². The molecule has 5 heteroatoms. The Balaban J connectivity index is 1.87. The molecule has 1 aromatic rings. The predicted octanol–water partition coefficient (Wildman–Crippen LogP) is 3.18. The molecule has 1 heterocycles. The lowest BCUT2D eigenvalue weighted by molar-refractivity contribution is 0.137. The quantitative estimate of drug-likeness (QED) is 0.504. The summed E-state index contributed by atoms with van der Waals surface area (Å²) in [5.74, 6) is 0.909. The van der Waals surface area contributed by atoms with Crippen molar-refractivity contribution in [3.8, 4) is 0 Å². The zero-order valence-electron chi connectivity index (χ0n) is 14.3. The van der Waals surface area contributed by atoms with Gasteiger partial charge in [-0.25, -0.2) is 0 Å². The molecule has 2 rings (SSSR count). The summed E-state index contributed by atoms with van der Waals surface area (Å²) in [6.45, 7) is 4.97. The third-order valence-corrected chi connectivity index (χ3v) is 5.65. The predicted molar refractivity (Wildman–Crippen MR) is 99.2 cm³/mol. The molecule has 4 nitrogen and oxygen atoms in total. The molecule has 1 aliphatic rings. The van der Waals surface area contributed by atoms with Gasteiger partial charge in [-0.15, -0.1) is 11.3 Å². The van der Waals surface area contributed by atoms with Crippen LogP contribution in [0.15, 0.2) is 22.5 Å². The first kappa shape index (κ1) is 18.3. The molecular formula is C18H31N3OS. The van der Waals surface area contributed by atoms with E-state index in [2.05, 4.69) is 35.1 Å². The number of rotatable bonds is 8. The van der Waals surface area contributed by atoms with E-state index in [0.29, 0.717) is 0 Å². The average molecular weight is 338 g/mol. The molecule has 0 spiro atoms. The molecule has 0 aliphatic heterocycles. The summed E-state index contributed by atoms with van der Waals surface area (Å²) in [7, 11) is 0. The van der Waals surface area contributed by atoms with Crippen LogP contribution in [0.3, 0.4) is 0 Å². The molecular weight excluding hydrogens is 306 g/mol. The highest BCUT2D eigenvalue weighted by atomic mass is 32.1. The van der Waals surface area contributed by atoms with Crippen molar-refractivity contribution < 1.29 is 5.11 Å². The zero-order valence-corrected chi connectivity index (χ0v) is 15.1. The van der Waals surface area contributed by atoms with Crippen molar-refractivity contribution in [2.75, 3.05) is 26.2 Å². The normalized spacial score (nSPS) is 17.9. The third-order valence-electron chi connectivity index (χ3n) is 4.72. The Morgan fingerprint density at radius 3 is 2.78 bits per heavy atom. The fourth-order valence-electron chi connectivity index (χ4n) is 3.37. The summed E-state index contributed by atoms with van der Waals surface area (Å²) >= 11 is 1.80. The molecule has 0 atom stereocenters. The van der Waals surface area contributed by atoms with Crippen LogP contribution in [-0.2, 0) is 6.42 Å². The van der Waals surface area contributed by atoms with Gasteiger partial charge < -0.3 is 15.7 Å². The van der Waals surface area contributed by atoms with Crippen molar-refractivity contribution in [2.24, 2.45) is 10.4 Å². The first-order valence-electron chi connectivity index (χ1n) is 8.93. The number of aliphatic hydroxyl groups is 1. The van der Waals surface area contributed by atoms with Crippen LogP contribution in [-0.4, -0.2) is 37.3 Å². The number of aliphatic hydroxyl groups excluding tert-OH is 1. The first-order valence-corrected chi connectivity index (χ1v) is 9.81. The highest BCUT2D eigenvalue weighted by Gasteiger charge is 2.31. The zero-order chi connectivity index (χ0) is 16.4. The molecule has 0 saturated heterocycles. The third kappa shape index (κ3) is 6.15. The van der Waals surface area contributed by atoms with Crippen molar-refractivity contribution in [3.63, 3.8) is 0 Å². The second kappa shape index (κ2) is 9.93. The number of nitrogens with one attached hydrogen (secondary N) is 2. The molecule has 0 bridgehead atoms. The van der Waals surface area contributed by atoms with Crippen LogP contribution in [0.2, 0.25) is 0 Å². The molecule has 3 N–H and O–H groups in total. The lowest BCUT2D eigenvalue weighted by Crippen LogP contribution is -2.40. The number of hydrogen-bond donors (Lipinski definition) is 3. The SMILES string of the molecule is CCNC(=NCC1(CCO)CCCCC1)NCCc1cccs1. The topological polar surface area (TPSA) is 56.7 Å². The smallest absolute Gasteiger partial charge is 0.191 e. The summed E-state index contributed by atoms with van der Waals surface area (Å²) in [5, 5.41) is 18.3. The number of thiophene rings is 1. The summed E-state index contributed by atoms with van der Waals surface area (Å²) in [6, 6.07) is 4.27. The van der Waals surface area contributed by atoms with Crippen molar-refractivity contribution in [1.29, 1.82) is 0 Å². The molecule has 0 amide bonds. The summed E-state index contributed by atoms with van der Waals surface area (Å²) in [4.78, 5) is 6.23. The van der Waals surface area contributed by atoms with Crippen molar-refractivity contribution in [3.05, 3.63) is 22.4 Å². The summed E-state index contributed by atoms with van der Waals surface area (Å²) in [5.41, 5.74) is 0.211. The second-order valence-corrected chi connectivity index (χ2v) is 7.52. The molecule has 23 heavy (non-hydrogen) atoms. The van der Waals surface area contributed by atoms with Crippen LogP contribution in [0, 0.1) is 5.41 Å². The summed E-state index contributed by atoms with van der Waals surface area (Å²) in [6.07, 6.45) is 8.19. The van der Waals surface area contributed by atoms with Gasteiger partial charge in [-0.05, 0) is 49.5 Å². The van der Waals surface area contributed by atoms with E-state index in [4.69, 9.17) is 4.99 Å². The minimum atomic E-state index is 0.211. The molecule has 1 aromatic heterocycles. The van der Waals surface area contributed by atoms with Gasteiger partial charge in [0.2, 0.25) is 0 Å². The van der Waals surface area contributed by atoms with Crippen LogP contribution >= 0.6 is 11.3 Å². The van der Waals surface area contributed by atoms with Gasteiger partial charge >= 0.3 is 0 Å². The Hall–Kier alpha value is -1.07. The van der Waals surface area contributed by atoms with Gasteiger partial charge in [0.1, 0.15) is 0 Å². The van der Waals surface area contributed by atoms with E-state index < -0.39 is 0 Å². The fraction of sp³-hybridized carbons (Fsp3) is 0.722. The highest BCUT2D eigenvalue weighted by molar-refractivity contribution is 7.09. The second-order valence-electron chi connectivity index (χ2n) is 6.49. The minimum Gasteiger partial charge on any atom is -0.396 e. The van der Waals surface area contributed by atoms with Crippen molar-refractivity contribution >= 4 is 17.3 Å². The number of hydrogen-bond acceptors (Lipinski definition) is 3. The average Bonchev–Trinajstić information content (AvgIpc) is 3.07. The standard InChI is InChI=1S/C18H31N3OS/c1-2-19-17(20-12-8-16-7-6-14-23-16)21-15-18(11-13-22)9-4-3-5-10-18/h6-7,14,22H,2-5,8-13,15H2,1H3,(H2,19,20,21). The van der Waals surface area contributed by atoms with Gasteiger partial charge in [-0.3, -0.25) is 4.99 Å². The van der Waals surface area contributed by atoms with E-state index >= 15 is 0 Å². The van der Waals surface area contributed by atoms with Gasteiger partial charge in [-0.1, -0.05) is 25.3 Å². The van der Waals surface area contributed by atoms with Crippen LogP contribution in [0.4, 0.5) is 0 Å². The maximum atomic E-state index is 9.42. The maximum absolute atomic E-state index is 9.42. The number of aliphatic imine (C=N–C) groups is 1. The lowest BCUT2D eigenvalue weighted by atomic mass is 9.72. The van der Waals surface area contributed by atoms with Gasteiger partial charge in [0.25, 0.3) is 0 Å². The van der Waals surface area contributed by atoms with E-state index in [1.807, 2.05) is 0 Å². The fourth-order valence-corrected chi connectivity index (χ4v) is 4.08. The van der Waals surface area contributed by atoms with Crippen molar-refractivity contribution in [2.45, 2.75) is 51.9 Å². The Labute approximate surface area is 144 Å². The summed E-state index contributed by atoms with van der Waals surface area (Å²) < 4.78 is 0. The van der Waals surface area contributed by atoms with Crippen LogP contribution in [0.5, 0.6) is 0 Å².